The molecule has 7 nitrogen and oxygen atoms in total. The van der Waals surface area contributed by atoms with Crippen LogP contribution in [0.4, 0.5) is 0 Å². The molecule has 0 spiro atoms. The number of hydrogen-bond acceptors (Lipinski definition) is 4. The Morgan fingerprint density at radius 3 is 2.78 bits per heavy atom. The standard InChI is InChI=1S/C11H15N5O2/c1-4-7(2)16-10(8-5-12-6-15(8)3)9(11(17)18)13-14-16/h5-7H,4H2,1-3H3,(H,17,18). The number of carbonyl (C=O) groups is 1. The Bertz CT molecular complexity index is 572. The molecule has 0 aliphatic rings. The first-order chi connectivity index (χ1) is 8.56. The molecule has 0 bridgehead atoms. The summed E-state index contributed by atoms with van der Waals surface area (Å²) in [7, 11) is 1.81. The first-order valence-corrected chi connectivity index (χ1v) is 5.71. The fourth-order valence-electron chi connectivity index (χ4n) is 1.74. The number of aromatic nitrogens is 5. The third-order valence-electron chi connectivity index (χ3n) is 2.96. The SMILES string of the molecule is CCC(C)n1nnc(C(=O)O)c1-c1cncn1C. The van der Waals surface area contributed by atoms with Crippen molar-refractivity contribution in [3.63, 3.8) is 0 Å². The quantitative estimate of drug-likeness (QED) is 0.883. The highest BCUT2D eigenvalue weighted by Gasteiger charge is 2.24. The molecular formula is C11H15N5O2. The number of imidazole rings is 1. The van der Waals surface area contributed by atoms with Gasteiger partial charge in [0, 0.05) is 7.05 Å². The van der Waals surface area contributed by atoms with Gasteiger partial charge in [-0.05, 0) is 13.3 Å². The van der Waals surface area contributed by atoms with E-state index in [0.717, 1.165) is 6.42 Å². The molecule has 0 aliphatic heterocycles. The average molecular weight is 249 g/mol. The summed E-state index contributed by atoms with van der Waals surface area (Å²) in [5.74, 6) is -1.08. The zero-order chi connectivity index (χ0) is 13.3. The summed E-state index contributed by atoms with van der Waals surface area (Å²) >= 11 is 0. The predicted octanol–water partition coefficient (Wildman–Crippen LogP) is 1.35. The van der Waals surface area contributed by atoms with Gasteiger partial charge in [-0.1, -0.05) is 12.1 Å². The van der Waals surface area contributed by atoms with E-state index in [9.17, 15) is 9.90 Å². The molecule has 1 unspecified atom stereocenters. The molecule has 0 saturated carbocycles. The molecule has 7 heteroatoms. The van der Waals surface area contributed by atoms with Crippen LogP contribution in [-0.2, 0) is 7.05 Å². The van der Waals surface area contributed by atoms with Crippen molar-refractivity contribution >= 4 is 5.97 Å². The van der Waals surface area contributed by atoms with Crippen LogP contribution in [0.3, 0.4) is 0 Å². The Morgan fingerprint density at radius 2 is 2.28 bits per heavy atom. The first kappa shape index (κ1) is 12.3. The van der Waals surface area contributed by atoms with Crippen LogP contribution >= 0.6 is 0 Å². The van der Waals surface area contributed by atoms with Gasteiger partial charge in [-0.25, -0.2) is 14.5 Å². The van der Waals surface area contributed by atoms with Crippen molar-refractivity contribution in [2.75, 3.05) is 0 Å². The van der Waals surface area contributed by atoms with Gasteiger partial charge >= 0.3 is 5.97 Å². The summed E-state index contributed by atoms with van der Waals surface area (Å²) in [5, 5.41) is 16.9. The van der Waals surface area contributed by atoms with Crippen LogP contribution in [0.2, 0.25) is 0 Å². The van der Waals surface area contributed by atoms with Crippen molar-refractivity contribution < 1.29 is 9.90 Å². The number of hydrogen-bond donors (Lipinski definition) is 1. The van der Waals surface area contributed by atoms with Crippen molar-refractivity contribution in [2.24, 2.45) is 7.05 Å². The Balaban J connectivity index is 2.65. The zero-order valence-corrected chi connectivity index (χ0v) is 10.5. The molecule has 2 aromatic rings. The molecule has 1 atom stereocenters. The minimum absolute atomic E-state index is 0.0427. The molecular weight excluding hydrogens is 234 g/mol. The predicted molar refractivity (Wildman–Crippen MR) is 64.2 cm³/mol. The second-order valence-corrected chi connectivity index (χ2v) is 4.18. The van der Waals surface area contributed by atoms with Crippen LogP contribution in [0.15, 0.2) is 12.5 Å². The summed E-state index contributed by atoms with van der Waals surface area (Å²) in [6.07, 6.45) is 4.08. The Morgan fingerprint density at radius 1 is 1.56 bits per heavy atom. The first-order valence-electron chi connectivity index (χ1n) is 5.71. The van der Waals surface area contributed by atoms with Gasteiger partial charge in [0.1, 0.15) is 5.69 Å². The van der Waals surface area contributed by atoms with Gasteiger partial charge in [0.25, 0.3) is 0 Å². The largest absolute Gasteiger partial charge is 0.476 e. The van der Waals surface area contributed by atoms with Crippen molar-refractivity contribution in [3.05, 3.63) is 18.2 Å². The minimum Gasteiger partial charge on any atom is -0.476 e. The second kappa shape index (κ2) is 4.59. The van der Waals surface area contributed by atoms with Crippen LogP contribution in [-0.4, -0.2) is 35.6 Å². The summed E-state index contributed by atoms with van der Waals surface area (Å²) in [6.45, 7) is 3.99. The second-order valence-electron chi connectivity index (χ2n) is 4.18. The summed E-state index contributed by atoms with van der Waals surface area (Å²) < 4.78 is 3.39. The number of nitrogens with zero attached hydrogens (tertiary/aromatic N) is 5. The molecule has 2 aromatic heterocycles. The Labute approximate surface area is 104 Å². The lowest BCUT2D eigenvalue weighted by molar-refractivity contribution is 0.0691. The molecule has 96 valence electrons. The van der Waals surface area contributed by atoms with Gasteiger partial charge in [0.2, 0.25) is 0 Å². The molecule has 0 aromatic carbocycles. The monoisotopic (exact) mass is 249 g/mol. The van der Waals surface area contributed by atoms with Crippen LogP contribution in [0.5, 0.6) is 0 Å². The number of aryl methyl sites for hydroxylation is 1. The van der Waals surface area contributed by atoms with E-state index >= 15 is 0 Å². The highest BCUT2D eigenvalue weighted by molar-refractivity contribution is 5.92. The zero-order valence-electron chi connectivity index (χ0n) is 10.5. The Hall–Kier alpha value is -2.18. The number of carboxylic acid groups (broad SMARTS) is 1. The fourth-order valence-corrected chi connectivity index (χ4v) is 1.74. The van der Waals surface area contributed by atoms with E-state index in [2.05, 4.69) is 15.3 Å². The summed E-state index contributed by atoms with van der Waals surface area (Å²) in [4.78, 5) is 15.2. The fraction of sp³-hybridized carbons (Fsp3) is 0.455. The van der Waals surface area contributed by atoms with E-state index in [1.165, 1.54) is 0 Å². The normalized spacial score (nSPS) is 12.6. The lowest BCUT2D eigenvalue weighted by atomic mass is 10.2. The van der Waals surface area contributed by atoms with Gasteiger partial charge in [0.15, 0.2) is 5.69 Å². The van der Waals surface area contributed by atoms with Gasteiger partial charge in [-0.2, -0.15) is 0 Å². The highest BCUT2D eigenvalue weighted by atomic mass is 16.4. The van der Waals surface area contributed by atoms with E-state index in [-0.39, 0.29) is 11.7 Å². The van der Waals surface area contributed by atoms with Crippen LogP contribution in [0, 0.1) is 0 Å². The van der Waals surface area contributed by atoms with Crippen LogP contribution in [0.25, 0.3) is 11.4 Å². The van der Waals surface area contributed by atoms with Crippen molar-refractivity contribution in [1.82, 2.24) is 24.5 Å². The van der Waals surface area contributed by atoms with Gasteiger partial charge in [-0.3, -0.25) is 0 Å². The molecule has 18 heavy (non-hydrogen) atoms. The highest BCUT2D eigenvalue weighted by Crippen LogP contribution is 2.25. The van der Waals surface area contributed by atoms with Crippen molar-refractivity contribution in [2.45, 2.75) is 26.3 Å². The lowest BCUT2D eigenvalue weighted by Crippen LogP contribution is -2.10. The number of rotatable bonds is 4. The molecule has 1 N–H and O–H groups in total. The minimum atomic E-state index is -1.08. The average Bonchev–Trinajstić information content (AvgIpc) is 2.93. The molecule has 0 aliphatic carbocycles. The third kappa shape index (κ3) is 1.87. The van der Waals surface area contributed by atoms with Gasteiger partial charge < -0.3 is 9.67 Å². The molecule has 0 saturated heterocycles. The maximum absolute atomic E-state index is 11.2. The number of aromatic carboxylic acids is 1. The van der Waals surface area contributed by atoms with Crippen LogP contribution in [0.1, 0.15) is 36.8 Å². The van der Waals surface area contributed by atoms with Crippen molar-refractivity contribution in [1.29, 1.82) is 0 Å². The van der Waals surface area contributed by atoms with E-state index in [1.54, 1.807) is 21.8 Å². The maximum atomic E-state index is 11.2. The molecule has 0 radical (unpaired) electrons. The van der Waals surface area contributed by atoms with E-state index in [1.807, 2.05) is 20.9 Å². The van der Waals surface area contributed by atoms with E-state index in [0.29, 0.717) is 11.4 Å². The van der Waals surface area contributed by atoms with Crippen molar-refractivity contribution in [3.8, 4) is 11.4 Å². The maximum Gasteiger partial charge on any atom is 0.358 e. The lowest BCUT2D eigenvalue weighted by Gasteiger charge is -2.12. The molecule has 0 fully saturated rings. The molecule has 2 heterocycles. The van der Waals surface area contributed by atoms with Crippen LogP contribution < -0.4 is 0 Å². The summed E-state index contributed by atoms with van der Waals surface area (Å²) in [6, 6.07) is 0.0792. The molecule has 0 amide bonds. The number of carboxylic acids is 1. The van der Waals surface area contributed by atoms with Gasteiger partial charge in [0.05, 0.1) is 24.3 Å². The van der Waals surface area contributed by atoms with Gasteiger partial charge in [-0.15, -0.1) is 5.10 Å². The summed E-state index contributed by atoms with van der Waals surface area (Å²) in [5.41, 5.74) is 1.15. The molecule has 2 rings (SSSR count). The third-order valence-corrected chi connectivity index (χ3v) is 2.96. The topological polar surface area (TPSA) is 85.8 Å². The Kier molecular flexibility index (Phi) is 3.14. The van der Waals surface area contributed by atoms with E-state index < -0.39 is 5.97 Å². The van der Waals surface area contributed by atoms with E-state index in [4.69, 9.17) is 0 Å². The smallest absolute Gasteiger partial charge is 0.358 e.